The largest absolute Gasteiger partial charge is 3.00 e. The molecular weight excluding hydrogens is 1320 g/mol. The number of benzene rings is 2. The molecule has 0 spiro atoms. The molecule has 0 bridgehead atoms. The second-order valence-electron chi connectivity index (χ2n) is 19.0. The smallest absolute Gasteiger partial charge is 0.549 e. The standard InChI is InChI=1S/C55H78ClF3N8O19S.In/c1-63(46-5-3-4-6-47(46)77-2)87(75,76)49-34-43(44-37-62-50(55(57,58)59)33-42(44)36-60)45(56)35-48(49)86-32-31-85-30-29-84-28-27-83-26-25-82-24-23-81-22-21-80-20-19-79-18-17-78-16-7-61-51(68)38-64-8-10-65(39-52(69)70)12-14-67(41-54(73)74)15-13-66(11-9-64)40-53(71)72;/h3-6,33-35,37H,7-32,38-41H2,1-2H3,(H,61,68)(H,69,70)(H,71,72)(H,73,74);/q;+3/p-3. The molecule has 1 aliphatic rings. The van der Waals surface area contributed by atoms with Gasteiger partial charge in [0.1, 0.15) is 28.7 Å². The van der Waals surface area contributed by atoms with Gasteiger partial charge in [0, 0.05) is 109 Å². The summed E-state index contributed by atoms with van der Waals surface area (Å²) in [5.41, 5.74) is -1.78. The average Bonchev–Trinajstić information content (AvgIpc) is 1.86. The number of carbonyl (C=O) groups excluding carboxylic acids is 4. The van der Waals surface area contributed by atoms with E-state index in [2.05, 4.69) is 10.3 Å². The third-order valence-electron chi connectivity index (χ3n) is 12.7. The molecule has 1 fully saturated rings. The molecule has 33 heteroatoms. The first-order chi connectivity index (χ1) is 41.7. The molecule has 0 aliphatic carbocycles. The van der Waals surface area contributed by atoms with Crippen molar-refractivity contribution in [2.75, 3.05) is 216 Å². The normalized spacial score (nSPS) is 14.2. The SMILES string of the molecule is COc1ccccc1N(C)S(=O)(=O)c1cc(-c2cnc(C(F)(F)F)cc2C#N)c(Cl)cc1OCCOCCOCCOCCOCCOCCOCCOCCOCCNC(=O)CN1CCN(CC(=O)[O-])CCN(CC(=O)[O-])CCN(CC(=O)[O-])CC1.[In+3]. The number of nitrogens with one attached hydrogen (secondary N) is 1. The fourth-order valence-electron chi connectivity index (χ4n) is 8.27. The fraction of sp³-hybridized carbons (Fsp3) is 0.600. The van der Waals surface area contributed by atoms with Crippen LogP contribution in [0.2, 0.25) is 5.02 Å². The van der Waals surface area contributed by atoms with Crippen LogP contribution in [-0.2, 0) is 73.3 Å². The Morgan fingerprint density at radius 3 is 1.42 bits per heavy atom. The van der Waals surface area contributed by atoms with Crippen molar-refractivity contribution in [2.45, 2.75) is 11.1 Å². The van der Waals surface area contributed by atoms with Crippen LogP contribution >= 0.6 is 11.6 Å². The van der Waals surface area contributed by atoms with Crippen LogP contribution in [0.15, 0.2) is 53.6 Å². The number of nitriles is 1. The Hall–Kier alpha value is -5.22. The number of hydrogen-bond donors (Lipinski definition) is 1. The summed E-state index contributed by atoms with van der Waals surface area (Å²) in [5, 5.41) is 46.5. The number of hydrogen-bond acceptors (Lipinski definition) is 25. The number of amides is 1. The van der Waals surface area contributed by atoms with Gasteiger partial charge >= 0.3 is 32.0 Å². The number of carbonyl (C=O) groups is 4. The van der Waals surface area contributed by atoms with E-state index in [1.54, 1.807) is 43.9 Å². The summed E-state index contributed by atoms with van der Waals surface area (Å²) in [6, 6.07) is 10.9. The molecule has 1 saturated heterocycles. The maximum atomic E-state index is 14.2. The van der Waals surface area contributed by atoms with Crippen LogP contribution in [0.25, 0.3) is 11.1 Å². The van der Waals surface area contributed by atoms with Gasteiger partial charge in [-0.15, -0.1) is 0 Å². The first-order valence-corrected chi connectivity index (χ1v) is 29.5. The Morgan fingerprint density at radius 1 is 0.625 bits per heavy atom. The number of pyridine rings is 1. The Labute approximate surface area is 533 Å². The van der Waals surface area contributed by atoms with Crippen LogP contribution in [0.5, 0.6) is 11.5 Å². The number of alkyl halides is 3. The van der Waals surface area contributed by atoms with Gasteiger partial charge < -0.3 is 82.4 Å². The minimum Gasteiger partial charge on any atom is -0.549 e. The van der Waals surface area contributed by atoms with E-state index in [1.807, 2.05) is 0 Å². The van der Waals surface area contributed by atoms with Gasteiger partial charge in [-0.25, -0.2) is 8.42 Å². The molecule has 0 unspecified atom stereocenters. The molecule has 2 aromatic carbocycles. The monoisotopic (exact) mass is 1390 g/mol. The van der Waals surface area contributed by atoms with E-state index < -0.39 is 56.8 Å². The maximum Gasteiger partial charge on any atom is 3.00 e. The minimum atomic E-state index is -4.84. The summed E-state index contributed by atoms with van der Waals surface area (Å²) in [6.07, 6.45) is -4.03. The predicted molar refractivity (Wildman–Crippen MR) is 305 cm³/mol. The van der Waals surface area contributed by atoms with E-state index in [1.165, 1.54) is 26.3 Å². The molecule has 27 nitrogen and oxygen atoms in total. The number of nitrogens with zero attached hydrogens (tertiary/aromatic N) is 7. The zero-order valence-electron chi connectivity index (χ0n) is 49.2. The van der Waals surface area contributed by atoms with Crippen LogP contribution in [0.1, 0.15) is 11.3 Å². The van der Waals surface area contributed by atoms with Gasteiger partial charge in [-0.2, -0.15) is 18.4 Å². The topological polar surface area (TPSA) is 329 Å². The number of anilines is 1. The maximum absolute atomic E-state index is 14.2. The van der Waals surface area contributed by atoms with Gasteiger partial charge in [0.05, 0.1) is 160 Å². The summed E-state index contributed by atoms with van der Waals surface area (Å²) in [5.74, 6) is -4.18. The van der Waals surface area contributed by atoms with Gasteiger partial charge in [-0.1, -0.05) is 23.7 Å². The van der Waals surface area contributed by atoms with E-state index in [0.717, 1.165) is 16.6 Å². The van der Waals surface area contributed by atoms with E-state index >= 15 is 0 Å². The average molecular weight is 1390 g/mol. The third-order valence-corrected chi connectivity index (χ3v) is 14.8. The van der Waals surface area contributed by atoms with Crippen LogP contribution < -0.4 is 34.4 Å². The van der Waals surface area contributed by atoms with Crippen molar-refractivity contribution < 1.29 is 103 Å². The second-order valence-corrected chi connectivity index (χ2v) is 21.3. The molecule has 88 heavy (non-hydrogen) atoms. The minimum absolute atomic E-state index is 0. The van der Waals surface area contributed by atoms with Gasteiger partial charge in [-0.05, 0) is 24.3 Å². The van der Waals surface area contributed by atoms with E-state index in [0.29, 0.717) is 72.1 Å². The summed E-state index contributed by atoms with van der Waals surface area (Å²) in [7, 11) is -1.82. The van der Waals surface area contributed by atoms with E-state index in [4.69, 9.17) is 59.0 Å². The first-order valence-electron chi connectivity index (χ1n) is 27.7. The molecular formula is C55H75ClF3InN8O19S. The molecule has 3 aromatic rings. The summed E-state index contributed by atoms with van der Waals surface area (Å²) in [4.78, 5) is 56.5. The number of para-hydroxylation sites is 2. The van der Waals surface area contributed by atoms with E-state index in [9.17, 15) is 61.3 Å². The third kappa shape index (κ3) is 29.6. The molecule has 0 atom stereocenters. The van der Waals surface area contributed by atoms with Crippen LogP contribution in [0.4, 0.5) is 18.9 Å². The molecule has 0 radical (unpaired) electrons. The summed E-state index contributed by atoms with van der Waals surface area (Å²) >= 11 is 6.58. The van der Waals surface area contributed by atoms with Crippen molar-refractivity contribution in [3.63, 3.8) is 0 Å². The number of methoxy groups -OCH3 is 1. The number of rotatable bonds is 41. The Bertz CT molecular complexity index is 2710. The van der Waals surface area contributed by atoms with Gasteiger partial charge in [0.15, 0.2) is 0 Å². The number of sulfonamides is 1. The van der Waals surface area contributed by atoms with Crippen molar-refractivity contribution in [1.29, 1.82) is 5.26 Å². The molecule has 1 amide bonds. The van der Waals surface area contributed by atoms with Crippen molar-refractivity contribution in [3.8, 4) is 28.7 Å². The molecule has 0 saturated carbocycles. The fourth-order valence-corrected chi connectivity index (χ4v) is 9.87. The zero-order chi connectivity index (χ0) is 63.5. The van der Waals surface area contributed by atoms with Crippen molar-refractivity contribution >= 4 is 77.0 Å². The van der Waals surface area contributed by atoms with Crippen molar-refractivity contribution in [2.24, 2.45) is 0 Å². The van der Waals surface area contributed by atoms with E-state index in [-0.39, 0.29) is 190 Å². The molecule has 1 aliphatic heterocycles. The van der Waals surface area contributed by atoms with Gasteiger partial charge in [0.2, 0.25) is 5.91 Å². The molecule has 4 rings (SSSR count). The van der Waals surface area contributed by atoms with Crippen LogP contribution in [-0.4, -0.2) is 294 Å². The Kier molecular flexibility index (Phi) is 37.4. The van der Waals surface area contributed by atoms with Crippen molar-refractivity contribution in [1.82, 2.24) is 29.9 Å². The number of aliphatic carboxylic acids is 3. The van der Waals surface area contributed by atoms with Crippen LogP contribution in [0, 0.1) is 11.3 Å². The number of carboxylic acids is 3. The summed E-state index contributed by atoms with van der Waals surface area (Å²) < 4.78 is 125. The Morgan fingerprint density at radius 2 is 1.02 bits per heavy atom. The number of carboxylic acid groups (broad SMARTS) is 3. The van der Waals surface area contributed by atoms with Gasteiger partial charge in [0.25, 0.3) is 10.0 Å². The molecule has 1 N–H and O–H groups in total. The second kappa shape index (κ2) is 42.7. The number of ether oxygens (including phenoxy) is 10. The predicted octanol–water partition coefficient (Wildman–Crippen LogP) is -2.16. The quantitative estimate of drug-likeness (QED) is 0.0592. The van der Waals surface area contributed by atoms with Crippen LogP contribution in [0.3, 0.4) is 0 Å². The number of aromatic nitrogens is 1. The summed E-state index contributed by atoms with van der Waals surface area (Å²) in [6.45, 7) is 5.21. The zero-order valence-corrected chi connectivity index (χ0v) is 54.1. The Balaban J connectivity index is 0.0000202. The van der Waals surface area contributed by atoms with Gasteiger partial charge in [-0.3, -0.25) is 33.7 Å². The molecule has 1 aromatic heterocycles. The van der Waals surface area contributed by atoms with Crippen molar-refractivity contribution in [3.05, 3.63) is 64.9 Å². The molecule has 486 valence electrons. The number of halogens is 4. The molecule has 2 heterocycles. The first kappa shape index (κ1) is 77.0.